The Kier molecular flexibility index (Phi) is 6.11. The standard InChI is InChI=1S/C23H26N2O3S/c1-3-17-9-6-12-20-22(17)24-23(29-20)25(14-18-10-7-13-27-18)21(26)15-28-19-11-5-4-8-16(19)2/h4-6,8-9,11-12,18H,3,7,10,13-15H2,1-2H3. The fraction of sp³-hybridized carbons (Fsp3) is 0.391. The molecule has 0 radical (unpaired) electrons. The summed E-state index contributed by atoms with van der Waals surface area (Å²) in [5.74, 6) is 0.636. The van der Waals surface area contributed by atoms with Gasteiger partial charge >= 0.3 is 0 Å². The minimum absolute atomic E-state index is 0.0197. The lowest BCUT2D eigenvalue weighted by Crippen LogP contribution is -2.40. The summed E-state index contributed by atoms with van der Waals surface area (Å²) >= 11 is 1.55. The second-order valence-corrected chi connectivity index (χ2v) is 8.32. The van der Waals surface area contributed by atoms with Gasteiger partial charge in [0.1, 0.15) is 5.75 Å². The number of hydrogen-bond donors (Lipinski definition) is 0. The quantitative estimate of drug-likeness (QED) is 0.564. The van der Waals surface area contributed by atoms with Gasteiger partial charge < -0.3 is 9.47 Å². The zero-order valence-electron chi connectivity index (χ0n) is 16.9. The first-order chi connectivity index (χ1) is 14.2. The Morgan fingerprint density at radius 1 is 1.28 bits per heavy atom. The summed E-state index contributed by atoms with van der Waals surface area (Å²) in [5.41, 5.74) is 3.20. The van der Waals surface area contributed by atoms with Crippen LogP contribution in [0.25, 0.3) is 10.2 Å². The lowest BCUT2D eigenvalue weighted by Gasteiger charge is -2.23. The van der Waals surface area contributed by atoms with E-state index in [1.54, 1.807) is 16.2 Å². The lowest BCUT2D eigenvalue weighted by molar-refractivity contribution is -0.120. The molecule has 6 heteroatoms. The smallest absolute Gasteiger partial charge is 0.266 e. The molecule has 1 atom stereocenters. The number of aryl methyl sites for hydroxylation is 2. The van der Waals surface area contributed by atoms with E-state index in [9.17, 15) is 4.79 Å². The number of nitrogens with zero attached hydrogens (tertiary/aromatic N) is 2. The van der Waals surface area contributed by atoms with Crippen molar-refractivity contribution in [1.29, 1.82) is 0 Å². The van der Waals surface area contributed by atoms with E-state index in [0.29, 0.717) is 6.54 Å². The molecule has 2 aromatic carbocycles. The van der Waals surface area contributed by atoms with Crippen molar-refractivity contribution in [2.24, 2.45) is 0 Å². The van der Waals surface area contributed by atoms with Crippen LogP contribution < -0.4 is 9.64 Å². The molecular formula is C23H26N2O3S. The maximum atomic E-state index is 13.2. The van der Waals surface area contributed by atoms with Gasteiger partial charge in [0.15, 0.2) is 11.7 Å². The van der Waals surface area contributed by atoms with Gasteiger partial charge in [-0.2, -0.15) is 0 Å². The molecule has 0 aliphatic carbocycles. The molecule has 0 saturated carbocycles. The van der Waals surface area contributed by atoms with E-state index in [1.165, 1.54) is 5.56 Å². The minimum atomic E-state index is -0.0964. The Hall–Kier alpha value is -2.44. The van der Waals surface area contributed by atoms with Crippen molar-refractivity contribution in [2.45, 2.75) is 39.2 Å². The molecule has 0 N–H and O–H groups in total. The monoisotopic (exact) mass is 410 g/mol. The normalized spacial score (nSPS) is 16.3. The molecule has 0 spiro atoms. The van der Waals surface area contributed by atoms with Crippen LogP contribution in [0.5, 0.6) is 5.75 Å². The van der Waals surface area contributed by atoms with Gasteiger partial charge in [-0.25, -0.2) is 4.98 Å². The van der Waals surface area contributed by atoms with Gasteiger partial charge in [0.25, 0.3) is 5.91 Å². The molecule has 152 valence electrons. The van der Waals surface area contributed by atoms with Crippen LogP contribution in [-0.4, -0.2) is 36.8 Å². The first-order valence-electron chi connectivity index (χ1n) is 10.1. The molecule has 0 bridgehead atoms. The van der Waals surface area contributed by atoms with Crippen molar-refractivity contribution >= 4 is 32.6 Å². The van der Waals surface area contributed by atoms with E-state index in [4.69, 9.17) is 14.5 Å². The van der Waals surface area contributed by atoms with Crippen molar-refractivity contribution < 1.29 is 14.3 Å². The lowest BCUT2D eigenvalue weighted by atomic mass is 10.1. The molecule has 1 unspecified atom stereocenters. The number of para-hydroxylation sites is 2. The SMILES string of the molecule is CCc1cccc2sc(N(CC3CCCO3)C(=O)COc3ccccc3C)nc12. The van der Waals surface area contributed by atoms with Gasteiger partial charge in [-0.15, -0.1) is 0 Å². The van der Waals surface area contributed by atoms with Crippen LogP contribution >= 0.6 is 11.3 Å². The van der Waals surface area contributed by atoms with Crippen LogP contribution in [0.3, 0.4) is 0 Å². The van der Waals surface area contributed by atoms with Gasteiger partial charge in [0.2, 0.25) is 0 Å². The van der Waals surface area contributed by atoms with Gasteiger partial charge in [-0.05, 0) is 49.4 Å². The number of hydrogen-bond acceptors (Lipinski definition) is 5. The fourth-order valence-electron chi connectivity index (χ4n) is 3.61. The van der Waals surface area contributed by atoms with Gasteiger partial charge in [0, 0.05) is 6.61 Å². The van der Waals surface area contributed by atoms with Crippen molar-refractivity contribution in [3.63, 3.8) is 0 Å². The fourth-order valence-corrected chi connectivity index (χ4v) is 4.65. The van der Waals surface area contributed by atoms with Crippen LogP contribution in [0.1, 0.15) is 30.9 Å². The number of carbonyl (C=O) groups is 1. The molecule has 1 aromatic heterocycles. The molecule has 3 aromatic rings. The molecule has 1 amide bonds. The molecule has 1 saturated heterocycles. The Bertz CT molecular complexity index is 995. The van der Waals surface area contributed by atoms with E-state index < -0.39 is 0 Å². The van der Waals surface area contributed by atoms with Crippen LogP contribution in [0.2, 0.25) is 0 Å². The summed E-state index contributed by atoms with van der Waals surface area (Å²) < 4.78 is 12.7. The number of thiazole rings is 1. The van der Waals surface area contributed by atoms with Crippen LogP contribution in [0.15, 0.2) is 42.5 Å². The third-order valence-corrected chi connectivity index (χ3v) is 6.30. The zero-order chi connectivity index (χ0) is 20.2. The van der Waals surface area contributed by atoms with Crippen molar-refractivity contribution in [3.05, 3.63) is 53.6 Å². The molecular weight excluding hydrogens is 384 g/mol. The van der Waals surface area contributed by atoms with Crippen molar-refractivity contribution in [3.8, 4) is 5.75 Å². The number of carbonyl (C=O) groups excluding carboxylic acids is 1. The summed E-state index contributed by atoms with van der Waals surface area (Å²) in [6.07, 6.45) is 2.96. The van der Waals surface area contributed by atoms with E-state index >= 15 is 0 Å². The number of rotatable bonds is 7. The number of fused-ring (bicyclic) bond motifs is 1. The summed E-state index contributed by atoms with van der Waals surface area (Å²) in [6.45, 7) is 5.35. The Labute approximate surface area is 175 Å². The summed E-state index contributed by atoms with van der Waals surface area (Å²) in [7, 11) is 0. The minimum Gasteiger partial charge on any atom is -0.483 e. The predicted octanol–water partition coefficient (Wildman–Crippen LogP) is 4.76. The van der Waals surface area contributed by atoms with E-state index in [0.717, 1.165) is 52.5 Å². The second kappa shape index (κ2) is 8.93. The highest BCUT2D eigenvalue weighted by Crippen LogP contribution is 2.32. The number of ether oxygens (including phenoxy) is 2. The first kappa shape index (κ1) is 19.9. The van der Waals surface area contributed by atoms with E-state index in [1.807, 2.05) is 31.2 Å². The summed E-state index contributed by atoms with van der Waals surface area (Å²) in [5, 5.41) is 0.717. The molecule has 4 rings (SSSR count). The molecule has 1 fully saturated rings. The van der Waals surface area contributed by atoms with E-state index in [-0.39, 0.29) is 18.6 Å². The molecule has 29 heavy (non-hydrogen) atoms. The van der Waals surface area contributed by atoms with Gasteiger partial charge in [-0.3, -0.25) is 9.69 Å². The summed E-state index contributed by atoms with van der Waals surface area (Å²) in [6, 6.07) is 13.9. The van der Waals surface area contributed by atoms with Crippen molar-refractivity contribution in [1.82, 2.24) is 4.98 Å². The average molecular weight is 411 g/mol. The third-order valence-electron chi connectivity index (χ3n) is 5.26. The highest BCUT2D eigenvalue weighted by molar-refractivity contribution is 7.22. The van der Waals surface area contributed by atoms with Crippen LogP contribution in [0, 0.1) is 6.92 Å². The topological polar surface area (TPSA) is 51.7 Å². The van der Waals surface area contributed by atoms with Gasteiger partial charge in [-0.1, -0.05) is 48.6 Å². The summed E-state index contributed by atoms with van der Waals surface area (Å²) in [4.78, 5) is 19.7. The third kappa shape index (κ3) is 4.43. The Balaban J connectivity index is 1.59. The van der Waals surface area contributed by atoms with Crippen LogP contribution in [-0.2, 0) is 16.0 Å². The Morgan fingerprint density at radius 2 is 2.14 bits per heavy atom. The second-order valence-electron chi connectivity index (χ2n) is 7.31. The molecule has 5 nitrogen and oxygen atoms in total. The highest BCUT2D eigenvalue weighted by atomic mass is 32.1. The predicted molar refractivity (Wildman–Crippen MR) is 117 cm³/mol. The highest BCUT2D eigenvalue weighted by Gasteiger charge is 2.27. The Morgan fingerprint density at radius 3 is 2.90 bits per heavy atom. The van der Waals surface area contributed by atoms with E-state index in [2.05, 4.69) is 25.1 Å². The molecule has 1 aliphatic heterocycles. The number of benzene rings is 2. The largest absolute Gasteiger partial charge is 0.483 e. The van der Waals surface area contributed by atoms with Crippen molar-refractivity contribution in [2.75, 3.05) is 24.7 Å². The maximum Gasteiger partial charge on any atom is 0.266 e. The zero-order valence-corrected chi connectivity index (χ0v) is 17.7. The number of aromatic nitrogens is 1. The number of anilines is 1. The van der Waals surface area contributed by atoms with Crippen LogP contribution in [0.4, 0.5) is 5.13 Å². The maximum absolute atomic E-state index is 13.2. The number of amides is 1. The van der Waals surface area contributed by atoms with Gasteiger partial charge in [0.05, 0.1) is 22.9 Å². The molecule has 1 aliphatic rings. The first-order valence-corrected chi connectivity index (χ1v) is 11.0. The molecule has 2 heterocycles. The average Bonchev–Trinajstić information content (AvgIpc) is 3.40.